The van der Waals surface area contributed by atoms with Crippen molar-refractivity contribution in [2.45, 2.75) is 32.1 Å². The van der Waals surface area contributed by atoms with Crippen LogP contribution in [0.2, 0.25) is 0 Å². The summed E-state index contributed by atoms with van der Waals surface area (Å²) in [6.45, 7) is 1.58. The van der Waals surface area contributed by atoms with E-state index in [-0.39, 0.29) is 11.8 Å². The lowest BCUT2D eigenvalue weighted by molar-refractivity contribution is -0.144. The van der Waals surface area contributed by atoms with E-state index in [0.717, 1.165) is 38.8 Å². The molecule has 0 spiro atoms. The molecule has 3 heteroatoms. The third kappa shape index (κ3) is 3.93. The summed E-state index contributed by atoms with van der Waals surface area (Å²) in [7, 11) is 0. The fourth-order valence-electron chi connectivity index (χ4n) is 2.23. The maximum atomic E-state index is 11.0. The van der Waals surface area contributed by atoms with Crippen LogP contribution in [-0.4, -0.2) is 24.2 Å². The van der Waals surface area contributed by atoms with E-state index in [1.165, 1.54) is 0 Å². The highest BCUT2D eigenvalue weighted by Gasteiger charge is 2.29. The minimum atomic E-state index is -0.640. The largest absolute Gasteiger partial charge is 0.481 e. The molecule has 1 aliphatic carbocycles. The fraction of sp³-hybridized carbons (Fsp3) is 0.750. The van der Waals surface area contributed by atoms with Crippen LogP contribution in [0.1, 0.15) is 32.1 Å². The van der Waals surface area contributed by atoms with Crippen molar-refractivity contribution in [1.29, 1.82) is 0 Å². The normalized spacial score (nSPS) is 25.8. The molecule has 0 aliphatic heterocycles. The van der Waals surface area contributed by atoms with Crippen molar-refractivity contribution in [3.63, 3.8) is 0 Å². The van der Waals surface area contributed by atoms with E-state index < -0.39 is 5.97 Å². The van der Waals surface area contributed by atoms with Crippen molar-refractivity contribution in [1.82, 2.24) is 5.32 Å². The number of terminal acetylenes is 1. The number of carboxylic acids is 1. The summed E-state index contributed by atoms with van der Waals surface area (Å²) in [5.41, 5.74) is 0. The predicted molar refractivity (Wildman–Crippen MR) is 59.4 cm³/mol. The second-order valence-corrected chi connectivity index (χ2v) is 4.15. The Morgan fingerprint density at radius 1 is 1.47 bits per heavy atom. The van der Waals surface area contributed by atoms with Gasteiger partial charge in [0, 0.05) is 13.0 Å². The van der Waals surface area contributed by atoms with Gasteiger partial charge in [-0.15, -0.1) is 12.3 Å². The lowest BCUT2D eigenvalue weighted by Crippen LogP contribution is -2.35. The molecule has 0 aromatic rings. The second-order valence-electron chi connectivity index (χ2n) is 4.15. The summed E-state index contributed by atoms with van der Waals surface area (Å²) >= 11 is 0. The second kappa shape index (κ2) is 6.47. The lowest BCUT2D eigenvalue weighted by Gasteiger charge is -2.28. The molecule has 0 bridgehead atoms. The van der Waals surface area contributed by atoms with Crippen LogP contribution >= 0.6 is 0 Å². The number of aliphatic carboxylic acids is 1. The van der Waals surface area contributed by atoms with E-state index in [2.05, 4.69) is 11.2 Å². The monoisotopic (exact) mass is 209 g/mol. The Balaban J connectivity index is 2.30. The summed E-state index contributed by atoms with van der Waals surface area (Å²) in [4.78, 5) is 11.0. The molecule has 0 aromatic carbocycles. The van der Waals surface area contributed by atoms with Crippen LogP contribution in [0.5, 0.6) is 0 Å². The highest BCUT2D eigenvalue weighted by molar-refractivity contribution is 5.70. The predicted octanol–water partition coefficient (Wildman–Crippen LogP) is 1.49. The van der Waals surface area contributed by atoms with E-state index in [1.807, 2.05) is 0 Å². The van der Waals surface area contributed by atoms with E-state index in [1.54, 1.807) is 0 Å². The molecular weight excluding hydrogens is 190 g/mol. The third-order valence-electron chi connectivity index (χ3n) is 3.08. The Morgan fingerprint density at radius 3 is 2.87 bits per heavy atom. The summed E-state index contributed by atoms with van der Waals surface area (Å²) in [5, 5.41) is 12.3. The van der Waals surface area contributed by atoms with Gasteiger partial charge in [-0.1, -0.05) is 12.8 Å². The molecule has 2 atom stereocenters. The molecular formula is C12H19NO2. The first kappa shape index (κ1) is 12.1. The fourth-order valence-corrected chi connectivity index (χ4v) is 2.23. The van der Waals surface area contributed by atoms with Gasteiger partial charge >= 0.3 is 5.97 Å². The van der Waals surface area contributed by atoms with Gasteiger partial charge < -0.3 is 10.4 Å². The van der Waals surface area contributed by atoms with E-state index >= 15 is 0 Å². The Bertz CT molecular complexity index is 244. The zero-order valence-corrected chi connectivity index (χ0v) is 9.04. The zero-order valence-electron chi connectivity index (χ0n) is 9.04. The number of nitrogens with one attached hydrogen (secondary N) is 1. The molecule has 1 aliphatic rings. The maximum Gasteiger partial charge on any atom is 0.306 e. The van der Waals surface area contributed by atoms with Crippen LogP contribution in [0, 0.1) is 24.2 Å². The molecule has 0 heterocycles. The van der Waals surface area contributed by atoms with E-state index in [9.17, 15) is 4.79 Å². The summed E-state index contributed by atoms with van der Waals surface area (Å²) < 4.78 is 0. The topological polar surface area (TPSA) is 49.3 Å². The number of hydrogen-bond donors (Lipinski definition) is 2. The van der Waals surface area contributed by atoms with Gasteiger partial charge in [-0.05, 0) is 25.3 Å². The SMILES string of the molecule is C#CCCNCC1CCCCC1C(=O)O. The molecule has 2 N–H and O–H groups in total. The maximum absolute atomic E-state index is 11.0. The Hall–Kier alpha value is -1.01. The number of carbonyl (C=O) groups is 1. The average molecular weight is 209 g/mol. The molecule has 0 aromatic heterocycles. The number of carboxylic acid groups (broad SMARTS) is 1. The van der Waals surface area contributed by atoms with Gasteiger partial charge in [-0.3, -0.25) is 4.79 Å². The van der Waals surface area contributed by atoms with Crippen molar-refractivity contribution in [2.75, 3.05) is 13.1 Å². The Kier molecular flexibility index (Phi) is 5.20. The molecule has 84 valence electrons. The smallest absolute Gasteiger partial charge is 0.306 e. The molecule has 15 heavy (non-hydrogen) atoms. The van der Waals surface area contributed by atoms with Crippen LogP contribution in [0.3, 0.4) is 0 Å². The van der Waals surface area contributed by atoms with Crippen LogP contribution in [0.25, 0.3) is 0 Å². The number of hydrogen-bond acceptors (Lipinski definition) is 2. The molecule has 3 nitrogen and oxygen atoms in total. The van der Waals surface area contributed by atoms with Crippen LogP contribution in [-0.2, 0) is 4.79 Å². The minimum absolute atomic E-state index is 0.155. The van der Waals surface area contributed by atoms with Crippen LogP contribution < -0.4 is 5.32 Å². The first-order valence-corrected chi connectivity index (χ1v) is 5.62. The average Bonchev–Trinajstić information content (AvgIpc) is 2.25. The van der Waals surface area contributed by atoms with Crippen LogP contribution in [0.4, 0.5) is 0 Å². The third-order valence-corrected chi connectivity index (χ3v) is 3.08. The van der Waals surface area contributed by atoms with Crippen molar-refractivity contribution in [3.05, 3.63) is 0 Å². The van der Waals surface area contributed by atoms with Gasteiger partial charge in [0.2, 0.25) is 0 Å². The summed E-state index contributed by atoms with van der Waals surface area (Å²) in [6.07, 6.45) is 9.92. The van der Waals surface area contributed by atoms with Crippen molar-refractivity contribution >= 4 is 5.97 Å². The first-order valence-electron chi connectivity index (χ1n) is 5.62. The molecule has 0 amide bonds. The lowest BCUT2D eigenvalue weighted by atomic mass is 9.79. The van der Waals surface area contributed by atoms with Gasteiger partial charge in [0.1, 0.15) is 0 Å². The van der Waals surface area contributed by atoms with Crippen molar-refractivity contribution in [2.24, 2.45) is 11.8 Å². The molecule has 2 unspecified atom stereocenters. The zero-order chi connectivity index (χ0) is 11.1. The standard InChI is InChI=1S/C12H19NO2/c1-2-3-8-13-9-10-6-4-5-7-11(10)12(14)15/h1,10-11,13H,3-9H2,(H,14,15). The highest BCUT2D eigenvalue weighted by Crippen LogP contribution is 2.29. The summed E-state index contributed by atoms with van der Waals surface area (Å²) in [6, 6.07) is 0. The van der Waals surface area contributed by atoms with Crippen molar-refractivity contribution in [3.8, 4) is 12.3 Å². The Labute approximate surface area is 91.3 Å². The Morgan fingerprint density at radius 2 is 2.20 bits per heavy atom. The van der Waals surface area contributed by atoms with Crippen LogP contribution in [0.15, 0.2) is 0 Å². The highest BCUT2D eigenvalue weighted by atomic mass is 16.4. The first-order chi connectivity index (χ1) is 7.25. The van der Waals surface area contributed by atoms with Crippen molar-refractivity contribution < 1.29 is 9.90 Å². The molecule has 1 saturated carbocycles. The molecule has 1 rings (SSSR count). The summed E-state index contributed by atoms with van der Waals surface area (Å²) in [5.74, 6) is 2.05. The van der Waals surface area contributed by atoms with Gasteiger partial charge in [0.15, 0.2) is 0 Å². The molecule has 0 radical (unpaired) electrons. The van der Waals surface area contributed by atoms with E-state index in [0.29, 0.717) is 6.42 Å². The van der Waals surface area contributed by atoms with Gasteiger partial charge in [-0.25, -0.2) is 0 Å². The van der Waals surface area contributed by atoms with Gasteiger partial charge in [0.05, 0.1) is 5.92 Å². The van der Waals surface area contributed by atoms with Gasteiger partial charge in [-0.2, -0.15) is 0 Å². The molecule has 0 saturated heterocycles. The van der Waals surface area contributed by atoms with E-state index in [4.69, 9.17) is 11.5 Å². The minimum Gasteiger partial charge on any atom is -0.481 e. The number of rotatable bonds is 5. The quantitative estimate of drug-likeness (QED) is 0.533. The van der Waals surface area contributed by atoms with Gasteiger partial charge in [0.25, 0.3) is 0 Å². The molecule has 1 fully saturated rings.